The van der Waals surface area contributed by atoms with Gasteiger partial charge in [0.1, 0.15) is 0 Å². The SMILES string of the molecule is C/C=C\C(=O)OC.Nc1cccnc1. The lowest BCUT2D eigenvalue weighted by Crippen LogP contribution is -1.92. The first-order valence-corrected chi connectivity index (χ1v) is 4.06. The van der Waals surface area contributed by atoms with Gasteiger partial charge in [-0.05, 0) is 19.1 Å². The number of pyridine rings is 1. The van der Waals surface area contributed by atoms with Gasteiger partial charge in [-0.25, -0.2) is 4.79 Å². The highest BCUT2D eigenvalue weighted by Crippen LogP contribution is 1.92. The first-order chi connectivity index (χ1) is 6.70. The average molecular weight is 194 g/mol. The topological polar surface area (TPSA) is 65.2 Å². The molecule has 0 saturated carbocycles. The Hall–Kier alpha value is -1.84. The molecule has 1 heterocycles. The number of hydrogen-bond acceptors (Lipinski definition) is 4. The van der Waals surface area contributed by atoms with Crippen LogP contribution in [0.25, 0.3) is 0 Å². The van der Waals surface area contributed by atoms with Crippen LogP contribution >= 0.6 is 0 Å². The van der Waals surface area contributed by atoms with Gasteiger partial charge in [0.25, 0.3) is 0 Å². The van der Waals surface area contributed by atoms with Crippen molar-refractivity contribution in [2.24, 2.45) is 0 Å². The van der Waals surface area contributed by atoms with Crippen LogP contribution in [0.3, 0.4) is 0 Å². The van der Waals surface area contributed by atoms with Gasteiger partial charge in [-0.2, -0.15) is 0 Å². The number of allylic oxidation sites excluding steroid dienone is 1. The molecular weight excluding hydrogens is 180 g/mol. The Labute approximate surface area is 83.4 Å². The van der Waals surface area contributed by atoms with E-state index in [-0.39, 0.29) is 5.97 Å². The van der Waals surface area contributed by atoms with E-state index < -0.39 is 0 Å². The van der Waals surface area contributed by atoms with Gasteiger partial charge in [0.05, 0.1) is 12.8 Å². The molecule has 0 radical (unpaired) electrons. The van der Waals surface area contributed by atoms with Crippen molar-refractivity contribution in [3.05, 3.63) is 36.7 Å². The fourth-order valence-corrected chi connectivity index (χ4v) is 0.580. The molecule has 1 aromatic rings. The predicted octanol–water partition coefficient (Wildman–Crippen LogP) is 1.40. The standard InChI is InChI=1S/C5H6N2.C5H8O2/c6-5-2-1-3-7-4-5;1-3-4-5(6)7-2/h1-4H,6H2;3-4H,1-2H3/b;4-3-. The molecular formula is C10H14N2O2. The van der Waals surface area contributed by atoms with Crippen molar-refractivity contribution in [2.75, 3.05) is 12.8 Å². The van der Waals surface area contributed by atoms with Gasteiger partial charge in [0, 0.05) is 18.5 Å². The number of hydrogen-bond donors (Lipinski definition) is 1. The van der Waals surface area contributed by atoms with Crippen molar-refractivity contribution < 1.29 is 9.53 Å². The van der Waals surface area contributed by atoms with Gasteiger partial charge in [0.2, 0.25) is 0 Å². The fourth-order valence-electron chi connectivity index (χ4n) is 0.580. The molecule has 0 bridgehead atoms. The molecule has 1 rings (SSSR count). The number of nitrogen functional groups attached to an aromatic ring is 1. The van der Waals surface area contributed by atoms with E-state index in [1.54, 1.807) is 37.5 Å². The summed E-state index contributed by atoms with van der Waals surface area (Å²) in [6, 6.07) is 3.60. The Morgan fingerprint density at radius 2 is 2.36 bits per heavy atom. The van der Waals surface area contributed by atoms with Crippen LogP contribution in [0.4, 0.5) is 5.69 Å². The molecule has 1 aromatic heterocycles. The van der Waals surface area contributed by atoms with Crippen LogP contribution in [0.5, 0.6) is 0 Å². The van der Waals surface area contributed by atoms with E-state index in [4.69, 9.17) is 5.73 Å². The van der Waals surface area contributed by atoms with Crippen molar-refractivity contribution in [3.63, 3.8) is 0 Å². The molecule has 0 aromatic carbocycles. The smallest absolute Gasteiger partial charge is 0.330 e. The molecule has 0 amide bonds. The van der Waals surface area contributed by atoms with E-state index in [2.05, 4.69) is 9.72 Å². The lowest BCUT2D eigenvalue weighted by Gasteiger charge is -1.84. The molecule has 0 atom stereocenters. The van der Waals surface area contributed by atoms with E-state index in [1.165, 1.54) is 13.2 Å². The summed E-state index contributed by atoms with van der Waals surface area (Å²) in [7, 11) is 1.35. The Bertz CT molecular complexity index is 283. The van der Waals surface area contributed by atoms with Crippen molar-refractivity contribution >= 4 is 11.7 Å². The van der Waals surface area contributed by atoms with E-state index in [0.29, 0.717) is 5.69 Å². The summed E-state index contributed by atoms with van der Waals surface area (Å²) in [6.07, 6.45) is 6.29. The zero-order chi connectivity index (χ0) is 10.8. The molecule has 0 aliphatic rings. The van der Waals surface area contributed by atoms with Gasteiger partial charge >= 0.3 is 5.97 Å². The van der Waals surface area contributed by atoms with Crippen LogP contribution in [0.15, 0.2) is 36.7 Å². The fraction of sp³-hybridized carbons (Fsp3) is 0.200. The monoisotopic (exact) mass is 194 g/mol. The quantitative estimate of drug-likeness (QED) is 0.542. The summed E-state index contributed by atoms with van der Waals surface area (Å²) in [4.78, 5) is 13.9. The Balaban J connectivity index is 0.000000241. The predicted molar refractivity (Wildman–Crippen MR) is 55.5 cm³/mol. The van der Waals surface area contributed by atoms with Gasteiger partial charge in [-0.15, -0.1) is 0 Å². The summed E-state index contributed by atoms with van der Waals surface area (Å²) in [6.45, 7) is 1.76. The number of anilines is 1. The lowest BCUT2D eigenvalue weighted by molar-refractivity contribution is -0.134. The molecule has 4 nitrogen and oxygen atoms in total. The zero-order valence-electron chi connectivity index (χ0n) is 8.31. The third-order valence-corrected chi connectivity index (χ3v) is 1.19. The molecule has 0 aliphatic heterocycles. The summed E-state index contributed by atoms with van der Waals surface area (Å²) < 4.78 is 4.26. The third-order valence-electron chi connectivity index (χ3n) is 1.19. The average Bonchev–Trinajstić information content (AvgIpc) is 2.20. The number of aromatic nitrogens is 1. The maximum absolute atomic E-state index is 10.1. The number of carbonyl (C=O) groups is 1. The first-order valence-electron chi connectivity index (χ1n) is 4.06. The van der Waals surface area contributed by atoms with Crippen LogP contribution in [-0.2, 0) is 9.53 Å². The van der Waals surface area contributed by atoms with Crippen molar-refractivity contribution in [1.82, 2.24) is 4.98 Å². The van der Waals surface area contributed by atoms with Gasteiger partial charge in [-0.3, -0.25) is 4.98 Å². The molecule has 2 N–H and O–H groups in total. The number of carbonyl (C=O) groups excluding carboxylic acids is 1. The van der Waals surface area contributed by atoms with Crippen LogP contribution in [0, 0.1) is 0 Å². The largest absolute Gasteiger partial charge is 0.466 e. The normalized spacial score (nSPS) is 9.00. The number of rotatable bonds is 1. The molecule has 0 saturated heterocycles. The highest BCUT2D eigenvalue weighted by atomic mass is 16.5. The minimum atomic E-state index is -0.303. The number of methoxy groups -OCH3 is 1. The maximum Gasteiger partial charge on any atom is 0.330 e. The lowest BCUT2D eigenvalue weighted by atomic mass is 10.4. The number of ether oxygens (including phenoxy) is 1. The van der Waals surface area contributed by atoms with E-state index in [0.717, 1.165) is 0 Å². The molecule has 0 aliphatic carbocycles. The molecule has 0 spiro atoms. The second-order valence-corrected chi connectivity index (χ2v) is 2.31. The maximum atomic E-state index is 10.1. The first kappa shape index (κ1) is 12.2. The summed E-state index contributed by atoms with van der Waals surface area (Å²) in [5, 5.41) is 0. The van der Waals surface area contributed by atoms with Gasteiger partial charge in [-0.1, -0.05) is 6.08 Å². The number of esters is 1. The van der Waals surface area contributed by atoms with Gasteiger partial charge < -0.3 is 10.5 Å². The van der Waals surface area contributed by atoms with Gasteiger partial charge in [0.15, 0.2) is 0 Å². The highest BCUT2D eigenvalue weighted by Gasteiger charge is 1.84. The number of nitrogens with zero attached hydrogens (tertiary/aromatic N) is 1. The molecule has 14 heavy (non-hydrogen) atoms. The summed E-state index contributed by atoms with van der Waals surface area (Å²) >= 11 is 0. The Morgan fingerprint density at radius 1 is 1.64 bits per heavy atom. The molecule has 4 heteroatoms. The van der Waals surface area contributed by atoms with Crippen molar-refractivity contribution in [1.29, 1.82) is 0 Å². The van der Waals surface area contributed by atoms with Crippen molar-refractivity contribution in [2.45, 2.75) is 6.92 Å². The summed E-state index contributed by atoms with van der Waals surface area (Å²) in [5.41, 5.74) is 6.01. The minimum absolute atomic E-state index is 0.303. The molecule has 76 valence electrons. The number of nitrogens with two attached hydrogens (primary N) is 1. The Kier molecular flexibility index (Phi) is 6.77. The zero-order valence-corrected chi connectivity index (χ0v) is 8.31. The Morgan fingerprint density at radius 3 is 2.57 bits per heavy atom. The van der Waals surface area contributed by atoms with Crippen LogP contribution in [0.1, 0.15) is 6.92 Å². The third kappa shape index (κ3) is 6.84. The van der Waals surface area contributed by atoms with E-state index in [9.17, 15) is 4.79 Å². The molecule has 0 unspecified atom stereocenters. The van der Waals surface area contributed by atoms with Crippen LogP contribution in [0.2, 0.25) is 0 Å². The van der Waals surface area contributed by atoms with Crippen LogP contribution < -0.4 is 5.73 Å². The molecule has 0 fully saturated rings. The van der Waals surface area contributed by atoms with E-state index in [1.807, 2.05) is 0 Å². The summed E-state index contributed by atoms with van der Waals surface area (Å²) in [5.74, 6) is -0.303. The minimum Gasteiger partial charge on any atom is -0.466 e. The second-order valence-electron chi connectivity index (χ2n) is 2.31. The van der Waals surface area contributed by atoms with E-state index >= 15 is 0 Å². The van der Waals surface area contributed by atoms with Crippen molar-refractivity contribution in [3.8, 4) is 0 Å². The van der Waals surface area contributed by atoms with Crippen LogP contribution in [-0.4, -0.2) is 18.1 Å². The second kappa shape index (κ2) is 7.79. The highest BCUT2D eigenvalue weighted by molar-refractivity contribution is 5.81.